The maximum Gasteiger partial charge on any atom is 0.225 e. The van der Waals surface area contributed by atoms with Gasteiger partial charge >= 0.3 is 0 Å². The molecule has 0 saturated carbocycles. The van der Waals surface area contributed by atoms with Crippen LogP contribution in [0.3, 0.4) is 0 Å². The highest BCUT2D eigenvalue weighted by molar-refractivity contribution is 5.81. The van der Waals surface area contributed by atoms with Crippen LogP contribution in [0.25, 0.3) is 0 Å². The highest BCUT2D eigenvalue weighted by atomic mass is 16.2. The van der Waals surface area contributed by atoms with E-state index < -0.39 is 0 Å². The van der Waals surface area contributed by atoms with E-state index in [0.717, 1.165) is 43.9 Å². The van der Waals surface area contributed by atoms with Crippen molar-refractivity contribution in [3.63, 3.8) is 0 Å². The van der Waals surface area contributed by atoms with E-state index in [1.807, 2.05) is 12.4 Å². The minimum Gasteiger partial charge on any atom is -0.351 e. The Kier molecular flexibility index (Phi) is 2.89. The van der Waals surface area contributed by atoms with Crippen LogP contribution in [-0.2, 0) is 11.2 Å². The van der Waals surface area contributed by atoms with Gasteiger partial charge in [0.25, 0.3) is 0 Å². The van der Waals surface area contributed by atoms with Crippen molar-refractivity contribution in [3.05, 3.63) is 18.0 Å². The SMILES string of the molecule is CCc1cnc(N2C[C@@H]3CC[C@H](C2)C(=O)N3)nc1. The number of aryl methyl sites for hydroxylation is 1. The fraction of sp³-hybridized carbons (Fsp3) is 0.615. The standard InChI is InChI=1S/C13H18N4O/c1-2-9-5-14-13(15-6-9)17-7-10-3-4-11(8-17)16-12(10)18/h5-6,10-11H,2-4,7-8H2,1H3,(H,16,18)/t10-,11+/m1/s1. The van der Waals surface area contributed by atoms with Crippen LogP contribution in [0.5, 0.6) is 0 Å². The molecule has 2 bridgehead atoms. The molecule has 0 radical (unpaired) electrons. The van der Waals surface area contributed by atoms with E-state index in [1.165, 1.54) is 0 Å². The smallest absolute Gasteiger partial charge is 0.225 e. The first-order valence-electron chi connectivity index (χ1n) is 6.62. The van der Waals surface area contributed by atoms with Crippen molar-refractivity contribution in [2.24, 2.45) is 5.92 Å². The summed E-state index contributed by atoms with van der Waals surface area (Å²) in [5.41, 5.74) is 1.14. The van der Waals surface area contributed by atoms with Gasteiger partial charge in [0.15, 0.2) is 0 Å². The summed E-state index contributed by atoms with van der Waals surface area (Å²) < 4.78 is 0. The van der Waals surface area contributed by atoms with Crippen LogP contribution in [0.2, 0.25) is 0 Å². The van der Waals surface area contributed by atoms with Gasteiger partial charge in [-0.05, 0) is 24.8 Å². The first kappa shape index (κ1) is 11.4. The van der Waals surface area contributed by atoms with Crippen LogP contribution >= 0.6 is 0 Å². The Morgan fingerprint density at radius 3 is 2.78 bits per heavy atom. The molecular weight excluding hydrogens is 228 g/mol. The van der Waals surface area contributed by atoms with Gasteiger partial charge in [0.05, 0.1) is 5.92 Å². The Bertz CT molecular complexity index is 445. The molecule has 0 aliphatic carbocycles. The van der Waals surface area contributed by atoms with E-state index in [9.17, 15) is 4.79 Å². The van der Waals surface area contributed by atoms with Crippen molar-refractivity contribution in [1.29, 1.82) is 0 Å². The molecule has 1 amide bonds. The Balaban J connectivity index is 1.81. The molecule has 96 valence electrons. The van der Waals surface area contributed by atoms with E-state index in [2.05, 4.69) is 27.1 Å². The first-order chi connectivity index (χ1) is 8.76. The van der Waals surface area contributed by atoms with Gasteiger partial charge in [-0.15, -0.1) is 0 Å². The molecule has 2 atom stereocenters. The highest BCUT2D eigenvalue weighted by Gasteiger charge is 2.35. The van der Waals surface area contributed by atoms with Crippen molar-refractivity contribution in [2.75, 3.05) is 18.0 Å². The summed E-state index contributed by atoms with van der Waals surface area (Å²) in [4.78, 5) is 22.7. The molecule has 0 unspecified atom stereocenters. The van der Waals surface area contributed by atoms with Gasteiger partial charge in [-0.3, -0.25) is 4.79 Å². The molecule has 5 nitrogen and oxygen atoms in total. The van der Waals surface area contributed by atoms with E-state index in [4.69, 9.17) is 0 Å². The van der Waals surface area contributed by atoms with E-state index in [1.54, 1.807) is 0 Å². The number of aromatic nitrogens is 2. The number of rotatable bonds is 2. The van der Waals surface area contributed by atoms with Crippen molar-refractivity contribution in [3.8, 4) is 0 Å². The summed E-state index contributed by atoms with van der Waals surface area (Å²) in [6.45, 7) is 3.66. The van der Waals surface area contributed by atoms with Crippen molar-refractivity contribution >= 4 is 11.9 Å². The highest BCUT2D eigenvalue weighted by Crippen LogP contribution is 2.24. The van der Waals surface area contributed by atoms with Gasteiger partial charge in [0.1, 0.15) is 0 Å². The Morgan fingerprint density at radius 2 is 2.11 bits per heavy atom. The number of carbonyl (C=O) groups is 1. The molecule has 0 aromatic carbocycles. The van der Waals surface area contributed by atoms with Crippen LogP contribution in [0.1, 0.15) is 25.3 Å². The molecule has 3 fully saturated rings. The van der Waals surface area contributed by atoms with E-state index in [0.29, 0.717) is 0 Å². The third-order valence-electron chi connectivity index (χ3n) is 3.85. The van der Waals surface area contributed by atoms with Gasteiger partial charge in [-0.1, -0.05) is 6.92 Å². The second-order valence-corrected chi connectivity index (χ2v) is 5.13. The molecule has 5 heteroatoms. The number of nitrogens with zero attached hydrogens (tertiary/aromatic N) is 3. The Morgan fingerprint density at radius 1 is 1.33 bits per heavy atom. The lowest BCUT2D eigenvalue weighted by Gasteiger charge is -2.22. The molecule has 4 heterocycles. The second-order valence-electron chi connectivity index (χ2n) is 5.13. The van der Waals surface area contributed by atoms with Gasteiger partial charge in [-0.25, -0.2) is 9.97 Å². The van der Waals surface area contributed by atoms with Crippen LogP contribution in [0.15, 0.2) is 12.4 Å². The largest absolute Gasteiger partial charge is 0.351 e. The maximum atomic E-state index is 11.8. The molecular formula is C13H18N4O. The zero-order valence-electron chi connectivity index (χ0n) is 10.6. The number of anilines is 1. The summed E-state index contributed by atoms with van der Waals surface area (Å²) in [5.74, 6) is 1.04. The number of carbonyl (C=O) groups excluding carboxylic acids is 1. The molecule has 1 aromatic heterocycles. The number of hydrogen-bond acceptors (Lipinski definition) is 4. The lowest BCUT2D eigenvalue weighted by molar-refractivity contribution is -0.126. The molecule has 0 spiro atoms. The predicted molar refractivity (Wildman–Crippen MR) is 68.3 cm³/mol. The monoisotopic (exact) mass is 246 g/mol. The summed E-state index contributed by atoms with van der Waals surface area (Å²) in [6.07, 6.45) is 6.76. The Hall–Kier alpha value is -1.65. The maximum absolute atomic E-state index is 11.8. The van der Waals surface area contributed by atoms with E-state index >= 15 is 0 Å². The van der Waals surface area contributed by atoms with Gasteiger partial charge in [0, 0.05) is 31.5 Å². The number of nitrogens with one attached hydrogen (secondary N) is 1. The third-order valence-corrected chi connectivity index (χ3v) is 3.85. The van der Waals surface area contributed by atoms with Gasteiger partial charge < -0.3 is 10.2 Å². The van der Waals surface area contributed by atoms with Crippen molar-refractivity contribution in [1.82, 2.24) is 15.3 Å². The molecule has 18 heavy (non-hydrogen) atoms. The zero-order valence-corrected chi connectivity index (χ0v) is 10.6. The molecule has 3 aliphatic rings. The van der Waals surface area contributed by atoms with Crippen LogP contribution in [0, 0.1) is 5.92 Å². The lowest BCUT2D eigenvalue weighted by atomic mass is 9.96. The van der Waals surface area contributed by atoms with Crippen LogP contribution < -0.4 is 10.2 Å². The Labute approximate surface area is 107 Å². The quantitative estimate of drug-likeness (QED) is 0.836. The molecule has 4 rings (SSSR count). The number of piperidine rings is 1. The van der Waals surface area contributed by atoms with Gasteiger partial charge in [-0.2, -0.15) is 0 Å². The first-order valence-corrected chi connectivity index (χ1v) is 6.62. The van der Waals surface area contributed by atoms with Crippen LogP contribution in [0.4, 0.5) is 5.95 Å². The minimum atomic E-state index is 0.0956. The normalized spacial score (nSPS) is 26.9. The third kappa shape index (κ3) is 2.05. The summed E-state index contributed by atoms with van der Waals surface area (Å²) in [5, 5.41) is 3.06. The zero-order chi connectivity index (χ0) is 12.5. The number of hydrogen-bond donors (Lipinski definition) is 1. The number of amides is 1. The summed E-state index contributed by atoms with van der Waals surface area (Å²) in [7, 11) is 0. The number of fused-ring (bicyclic) bond motifs is 4. The predicted octanol–water partition coefficient (Wildman–Crippen LogP) is 0.754. The summed E-state index contributed by atoms with van der Waals surface area (Å²) >= 11 is 0. The molecule has 1 aromatic rings. The average molecular weight is 246 g/mol. The molecule has 3 aliphatic heterocycles. The minimum absolute atomic E-state index is 0.0956. The lowest BCUT2D eigenvalue weighted by Crippen LogP contribution is -2.43. The topological polar surface area (TPSA) is 58.1 Å². The second kappa shape index (κ2) is 4.55. The van der Waals surface area contributed by atoms with E-state index in [-0.39, 0.29) is 17.9 Å². The van der Waals surface area contributed by atoms with Crippen LogP contribution in [-0.4, -0.2) is 35.0 Å². The fourth-order valence-corrected chi connectivity index (χ4v) is 2.70. The molecule has 3 saturated heterocycles. The summed E-state index contributed by atoms with van der Waals surface area (Å²) in [6, 6.07) is 0.255. The average Bonchev–Trinajstić information content (AvgIpc) is 2.70. The van der Waals surface area contributed by atoms with Crippen molar-refractivity contribution in [2.45, 2.75) is 32.2 Å². The fourth-order valence-electron chi connectivity index (χ4n) is 2.70. The molecule has 1 N–H and O–H groups in total. The van der Waals surface area contributed by atoms with Gasteiger partial charge in [0.2, 0.25) is 11.9 Å². The van der Waals surface area contributed by atoms with Crippen molar-refractivity contribution < 1.29 is 4.79 Å².